The van der Waals surface area contributed by atoms with E-state index >= 15 is 0 Å². The predicted octanol–water partition coefficient (Wildman–Crippen LogP) is 1.33. The maximum atomic E-state index is 11.2. The van der Waals surface area contributed by atoms with Gasteiger partial charge < -0.3 is 20.2 Å². The summed E-state index contributed by atoms with van der Waals surface area (Å²) in [5.41, 5.74) is 2.54. The van der Waals surface area contributed by atoms with Gasteiger partial charge in [0.05, 0.1) is 12.2 Å². The minimum absolute atomic E-state index is 0.570. The number of anilines is 2. The molecule has 1 aromatic carbocycles. The van der Waals surface area contributed by atoms with Gasteiger partial charge >= 0.3 is 0 Å². The summed E-state index contributed by atoms with van der Waals surface area (Å²) in [6.45, 7) is 3.27. The number of β-amino-alcohol motifs (C(OH)–C–C–N with tert-alkyl or cyclic N) is 1. The Balaban J connectivity index is 1.70. The number of hydrogen-bond acceptors (Lipinski definition) is 6. The highest BCUT2D eigenvalue weighted by Gasteiger charge is 2.39. The van der Waals surface area contributed by atoms with Crippen LogP contribution in [0.1, 0.15) is 23.2 Å². The first-order valence-electron chi connectivity index (χ1n) is 9.37. The molecule has 1 atom stereocenters. The topological polar surface area (TPSA) is 64.5 Å². The van der Waals surface area contributed by atoms with E-state index < -0.39 is 5.60 Å². The van der Waals surface area contributed by atoms with E-state index in [0.29, 0.717) is 13.0 Å². The normalized spacial score (nSPS) is 22.8. The highest BCUT2D eigenvalue weighted by molar-refractivity contribution is 5.55. The van der Waals surface area contributed by atoms with E-state index in [0.717, 1.165) is 55.5 Å². The van der Waals surface area contributed by atoms with Crippen molar-refractivity contribution >= 4 is 11.8 Å². The second-order valence-corrected chi connectivity index (χ2v) is 7.49. The van der Waals surface area contributed by atoms with Crippen LogP contribution in [0.5, 0.6) is 0 Å². The highest BCUT2D eigenvalue weighted by atomic mass is 16.3. The molecule has 3 heterocycles. The smallest absolute Gasteiger partial charge is 0.227 e. The number of fused-ring (bicyclic) bond motifs is 1. The fourth-order valence-electron chi connectivity index (χ4n) is 3.93. The lowest BCUT2D eigenvalue weighted by Gasteiger charge is -2.27. The first kappa shape index (κ1) is 17.2. The lowest BCUT2D eigenvalue weighted by molar-refractivity contribution is 0.0606. The Morgan fingerprint density at radius 3 is 2.65 bits per heavy atom. The van der Waals surface area contributed by atoms with Gasteiger partial charge in [-0.1, -0.05) is 30.3 Å². The third kappa shape index (κ3) is 3.15. The molecule has 2 aromatic rings. The largest absolute Gasteiger partial charge is 0.383 e. The van der Waals surface area contributed by atoms with Gasteiger partial charge in [0.25, 0.3) is 0 Å². The maximum absolute atomic E-state index is 11.2. The Morgan fingerprint density at radius 2 is 1.88 bits per heavy atom. The van der Waals surface area contributed by atoms with Crippen LogP contribution in [0.4, 0.5) is 11.8 Å². The summed E-state index contributed by atoms with van der Waals surface area (Å²) in [6.07, 6.45) is 2.56. The average molecular weight is 353 g/mol. The van der Waals surface area contributed by atoms with Crippen LogP contribution >= 0.6 is 0 Å². The molecule has 1 saturated heterocycles. The van der Waals surface area contributed by atoms with Gasteiger partial charge in [0, 0.05) is 39.2 Å². The SMILES string of the molecule is CN(C)c1nc2c(c(N3CC[C@@](O)(c4ccccc4)C3)n1)CCNCC2. The number of nitrogens with one attached hydrogen (secondary N) is 1. The molecule has 138 valence electrons. The van der Waals surface area contributed by atoms with Crippen molar-refractivity contribution in [2.75, 3.05) is 50.1 Å². The van der Waals surface area contributed by atoms with Crippen molar-refractivity contribution in [3.63, 3.8) is 0 Å². The number of aliphatic hydroxyl groups is 1. The minimum Gasteiger partial charge on any atom is -0.383 e. The van der Waals surface area contributed by atoms with Gasteiger partial charge in [0.1, 0.15) is 11.4 Å². The predicted molar refractivity (Wildman–Crippen MR) is 104 cm³/mol. The maximum Gasteiger partial charge on any atom is 0.227 e. The molecule has 6 heteroatoms. The molecular weight excluding hydrogens is 326 g/mol. The van der Waals surface area contributed by atoms with E-state index in [4.69, 9.17) is 9.97 Å². The van der Waals surface area contributed by atoms with Crippen LogP contribution in [0.3, 0.4) is 0 Å². The molecule has 6 nitrogen and oxygen atoms in total. The van der Waals surface area contributed by atoms with Crippen LogP contribution in [-0.2, 0) is 18.4 Å². The molecule has 2 aliphatic heterocycles. The molecule has 2 aliphatic rings. The Labute approximate surface area is 154 Å². The Hall–Kier alpha value is -2.18. The standard InChI is InChI=1S/C20H27N5O/c1-24(2)19-22-17-9-12-21-11-8-16(17)18(23-19)25-13-10-20(26,14-25)15-6-4-3-5-7-15/h3-7,21,26H,8-14H2,1-2H3/t20-/m0/s1. The van der Waals surface area contributed by atoms with Gasteiger partial charge in [0.2, 0.25) is 5.95 Å². The number of nitrogens with zero attached hydrogens (tertiary/aromatic N) is 4. The molecule has 2 N–H and O–H groups in total. The second-order valence-electron chi connectivity index (χ2n) is 7.49. The first-order chi connectivity index (χ1) is 12.6. The molecular formula is C20H27N5O. The summed E-state index contributed by atoms with van der Waals surface area (Å²) in [4.78, 5) is 13.9. The number of aromatic nitrogens is 2. The highest BCUT2D eigenvalue weighted by Crippen LogP contribution is 2.36. The van der Waals surface area contributed by atoms with E-state index in [1.54, 1.807) is 0 Å². The van der Waals surface area contributed by atoms with E-state index in [-0.39, 0.29) is 0 Å². The zero-order valence-corrected chi connectivity index (χ0v) is 15.6. The third-order valence-electron chi connectivity index (χ3n) is 5.41. The fourth-order valence-corrected chi connectivity index (χ4v) is 3.93. The van der Waals surface area contributed by atoms with Gasteiger partial charge in [-0.3, -0.25) is 0 Å². The molecule has 0 bridgehead atoms. The lowest BCUT2D eigenvalue weighted by atomic mass is 9.93. The Bertz CT molecular complexity index is 779. The molecule has 0 aliphatic carbocycles. The summed E-state index contributed by atoms with van der Waals surface area (Å²) in [5.74, 6) is 1.74. The van der Waals surface area contributed by atoms with Crippen LogP contribution in [0.2, 0.25) is 0 Å². The Morgan fingerprint density at radius 1 is 1.12 bits per heavy atom. The van der Waals surface area contributed by atoms with Crippen molar-refractivity contribution in [1.82, 2.24) is 15.3 Å². The van der Waals surface area contributed by atoms with E-state index in [1.165, 1.54) is 5.56 Å². The van der Waals surface area contributed by atoms with Crippen molar-refractivity contribution in [2.24, 2.45) is 0 Å². The van der Waals surface area contributed by atoms with Crippen molar-refractivity contribution in [1.29, 1.82) is 0 Å². The van der Waals surface area contributed by atoms with Gasteiger partial charge in [-0.15, -0.1) is 0 Å². The van der Waals surface area contributed by atoms with Crippen LogP contribution < -0.4 is 15.1 Å². The van der Waals surface area contributed by atoms with E-state index in [9.17, 15) is 5.11 Å². The number of hydrogen-bond donors (Lipinski definition) is 2. The molecule has 4 rings (SSSR count). The molecule has 0 unspecified atom stereocenters. The van der Waals surface area contributed by atoms with Crippen molar-refractivity contribution in [3.05, 3.63) is 47.2 Å². The molecule has 0 saturated carbocycles. The monoisotopic (exact) mass is 353 g/mol. The second kappa shape index (κ2) is 6.85. The molecule has 0 amide bonds. The quantitative estimate of drug-likeness (QED) is 0.868. The number of benzene rings is 1. The van der Waals surface area contributed by atoms with Gasteiger partial charge in [-0.2, -0.15) is 4.98 Å². The van der Waals surface area contributed by atoms with Crippen molar-refractivity contribution in [2.45, 2.75) is 24.9 Å². The average Bonchev–Trinajstić information content (AvgIpc) is 2.90. The van der Waals surface area contributed by atoms with Crippen LogP contribution in [0.25, 0.3) is 0 Å². The van der Waals surface area contributed by atoms with Gasteiger partial charge in [0.15, 0.2) is 0 Å². The van der Waals surface area contributed by atoms with Crippen molar-refractivity contribution < 1.29 is 5.11 Å². The molecule has 26 heavy (non-hydrogen) atoms. The molecule has 0 radical (unpaired) electrons. The summed E-state index contributed by atoms with van der Waals surface area (Å²) in [7, 11) is 3.95. The lowest BCUT2D eigenvalue weighted by Crippen LogP contribution is -2.32. The first-order valence-corrected chi connectivity index (χ1v) is 9.37. The molecule has 1 fully saturated rings. The zero-order valence-electron chi connectivity index (χ0n) is 15.6. The molecule has 0 spiro atoms. The summed E-state index contributed by atoms with van der Waals surface area (Å²) >= 11 is 0. The minimum atomic E-state index is -0.819. The van der Waals surface area contributed by atoms with E-state index in [2.05, 4.69) is 10.2 Å². The van der Waals surface area contributed by atoms with Gasteiger partial charge in [-0.05, 0) is 24.9 Å². The van der Waals surface area contributed by atoms with Crippen molar-refractivity contribution in [3.8, 4) is 0 Å². The van der Waals surface area contributed by atoms with E-state index in [1.807, 2.05) is 49.3 Å². The summed E-state index contributed by atoms with van der Waals surface area (Å²) < 4.78 is 0. The zero-order chi connectivity index (χ0) is 18.1. The summed E-state index contributed by atoms with van der Waals surface area (Å²) in [6, 6.07) is 9.99. The fraction of sp³-hybridized carbons (Fsp3) is 0.500. The Kier molecular flexibility index (Phi) is 4.54. The third-order valence-corrected chi connectivity index (χ3v) is 5.41. The van der Waals surface area contributed by atoms with Gasteiger partial charge in [-0.25, -0.2) is 4.98 Å². The number of rotatable bonds is 3. The van der Waals surface area contributed by atoms with Crippen LogP contribution in [0, 0.1) is 0 Å². The summed E-state index contributed by atoms with van der Waals surface area (Å²) in [5, 5.41) is 14.7. The van der Waals surface area contributed by atoms with Crippen LogP contribution in [-0.4, -0.2) is 55.3 Å². The molecule has 1 aromatic heterocycles. The van der Waals surface area contributed by atoms with Crippen LogP contribution in [0.15, 0.2) is 30.3 Å².